The Bertz CT molecular complexity index is 418. The summed E-state index contributed by atoms with van der Waals surface area (Å²) in [5, 5.41) is 10.9. The molecule has 1 N–H and O–H groups in total. The van der Waals surface area contributed by atoms with E-state index in [1.807, 2.05) is 13.0 Å². The number of aryl methyl sites for hydroxylation is 1. The van der Waals surface area contributed by atoms with E-state index in [2.05, 4.69) is 23.7 Å². The largest absolute Gasteiger partial charge is 0.386 e. The van der Waals surface area contributed by atoms with E-state index >= 15 is 0 Å². The Hall–Kier alpha value is -0.970. The van der Waals surface area contributed by atoms with Gasteiger partial charge in [-0.05, 0) is 31.9 Å². The van der Waals surface area contributed by atoms with Crippen LogP contribution in [0.2, 0.25) is 0 Å². The van der Waals surface area contributed by atoms with Gasteiger partial charge in [0.15, 0.2) is 0 Å². The highest BCUT2D eigenvalue weighted by molar-refractivity contribution is 5.26. The maximum Gasteiger partial charge on any atom is 0.0988 e. The van der Waals surface area contributed by atoms with Gasteiger partial charge in [0, 0.05) is 36.6 Å². The van der Waals surface area contributed by atoms with E-state index < -0.39 is 6.10 Å². The first-order valence-electron chi connectivity index (χ1n) is 7.01. The minimum absolute atomic E-state index is 0.266. The van der Waals surface area contributed by atoms with Crippen LogP contribution in [0.1, 0.15) is 37.5 Å². The van der Waals surface area contributed by atoms with Gasteiger partial charge in [-0.3, -0.25) is 9.88 Å². The van der Waals surface area contributed by atoms with Crippen LogP contribution in [-0.4, -0.2) is 46.8 Å². The summed E-state index contributed by atoms with van der Waals surface area (Å²) < 4.78 is 5.41. The SMILES string of the molecule is CCC(C)(C(O)c1cnccc1C)N1CCOCC1. The third-order valence-corrected chi connectivity index (χ3v) is 4.41. The first-order valence-corrected chi connectivity index (χ1v) is 7.01. The molecule has 2 atom stereocenters. The number of aliphatic hydroxyl groups excluding tert-OH is 1. The van der Waals surface area contributed by atoms with Crippen molar-refractivity contribution < 1.29 is 9.84 Å². The average molecular weight is 264 g/mol. The van der Waals surface area contributed by atoms with Crippen LogP contribution in [0, 0.1) is 6.92 Å². The lowest BCUT2D eigenvalue weighted by Crippen LogP contribution is -2.54. The van der Waals surface area contributed by atoms with Gasteiger partial charge >= 0.3 is 0 Å². The molecule has 1 aliphatic heterocycles. The quantitative estimate of drug-likeness (QED) is 0.902. The van der Waals surface area contributed by atoms with Crippen molar-refractivity contribution in [3.8, 4) is 0 Å². The summed E-state index contributed by atoms with van der Waals surface area (Å²) in [5.74, 6) is 0. The molecule has 2 unspecified atom stereocenters. The number of ether oxygens (including phenoxy) is 1. The molecule has 4 heteroatoms. The fraction of sp³-hybridized carbons (Fsp3) is 0.667. The molecule has 1 fully saturated rings. The van der Waals surface area contributed by atoms with Gasteiger partial charge < -0.3 is 9.84 Å². The molecule has 106 valence electrons. The van der Waals surface area contributed by atoms with Crippen molar-refractivity contribution >= 4 is 0 Å². The molecule has 1 aromatic rings. The van der Waals surface area contributed by atoms with Crippen molar-refractivity contribution in [2.75, 3.05) is 26.3 Å². The van der Waals surface area contributed by atoms with E-state index in [0.717, 1.165) is 43.9 Å². The van der Waals surface area contributed by atoms with Gasteiger partial charge in [0.25, 0.3) is 0 Å². The lowest BCUT2D eigenvalue weighted by Gasteiger charge is -2.46. The van der Waals surface area contributed by atoms with Crippen LogP contribution in [-0.2, 0) is 4.74 Å². The first-order chi connectivity index (χ1) is 9.09. The number of morpholine rings is 1. The van der Waals surface area contributed by atoms with Gasteiger partial charge in [-0.25, -0.2) is 0 Å². The normalized spacial score (nSPS) is 21.9. The maximum absolute atomic E-state index is 10.9. The Kier molecular flexibility index (Phi) is 4.55. The van der Waals surface area contributed by atoms with E-state index in [4.69, 9.17) is 4.74 Å². The van der Waals surface area contributed by atoms with E-state index in [-0.39, 0.29) is 5.54 Å². The molecular formula is C15H24N2O2. The van der Waals surface area contributed by atoms with Crippen LogP contribution >= 0.6 is 0 Å². The monoisotopic (exact) mass is 264 g/mol. The molecule has 1 saturated heterocycles. The topological polar surface area (TPSA) is 45.6 Å². The molecule has 1 aromatic heterocycles. The first kappa shape index (κ1) is 14.4. The van der Waals surface area contributed by atoms with Crippen LogP contribution in [0.25, 0.3) is 0 Å². The zero-order valence-corrected chi connectivity index (χ0v) is 12.1. The minimum atomic E-state index is -0.524. The lowest BCUT2D eigenvalue weighted by molar-refractivity contribution is -0.0736. The molecule has 0 aliphatic carbocycles. The van der Waals surface area contributed by atoms with E-state index in [1.165, 1.54) is 0 Å². The number of pyridine rings is 1. The fourth-order valence-electron chi connectivity index (χ4n) is 2.76. The standard InChI is InChI=1S/C15H24N2O2/c1-4-15(3,17-7-9-19-10-8-17)14(18)13-11-16-6-5-12(13)2/h5-6,11,14,18H,4,7-10H2,1-3H3. The van der Waals surface area contributed by atoms with Gasteiger partial charge in [0.05, 0.1) is 19.3 Å². The summed E-state index contributed by atoms with van der Waals surface area (Å²) in [6.07, 6.45) is 3.92. The highest BCUT2D eigenvalue weighted by Crippen LogP contribution is 2.35. The summed E-state index contributed by atoms with van der Waals surface area (Å²) >= 11 is 0. The summed E-state index contributed by atoms with van der Waals surface area (Å²) in [6.45, 7) is 9.53. The van der Waals surface area contributed by atoms with Gasteiger partial charge in [0.2, 0.25) is 0 Å². The average Bonchev–Trinajstić information content (AvgIpc) is 2.47. The predicted molar refractivity (Wildman–Crippen MR) is 75.0 cm³/mol. The molecule has 0 saturated carbocycles. The molecule has 0 aromatic carbocycles. The zero-order valence-electron chi connectivity index (χ0n) is 12.1. The predicted octanol–water partition coefficient (Wildman–Crippen LogP) is 1.92. The second-order valence-corrected chi connectivity index (χ2v) is 5.44. The molecule has 1 aliphatic rings. The molecule has 0 spiro atoms. The van der Waals surface area contributed by atoms with Gasteiger partial charge in [-0.1, -0.05) is 6.92 Å². The fourth-order valence-corrected chi connectivity index (χ4v) is 2.76. The summed E-state index contributed by atoms with van der Waals surface area (Å²) in [6, 6.07) is 1.95. The summed E-state index contributed by atoms with van der Waals surface area (Å²) in [7, 11) is 0. The smallest absolute Gasteiger partial charge is 0.0988 e. The molecule has 4 nitrogen and oxygen atoms in total. The van der Waals surface area contributed by atoms with Crippen LogP contribution in [0.3, 0.4) is 0 Å². The highest BCUT2D eigenvalue weighted by Gasteiger charge is 2.39. The molecule has 0 bridgehead atoms. The second-order valence-electron chi connectivity index (χ2n) is 5.44. The minimum Gasteiger partial charge on any atom is -0.386 e. The Morgan fingerprint density at radius 3 is 2.74 bits per heavy atom. The van der Waals surface area contributed by atoms with Gasteiger partial charge in [-0.2, -0.15) is 0 Å². The summed E-state index contributed by atoms with van der Waals surface area (Å²) in [5.41, 5.74) is 1.76. The Morgan fingerprint density at radius 1 is 1.47 bits per heavy atom. The second kappa shape index (κ2) is 5.99. The lowest BCUT2D eigenvalue weighted by atomic mass is 9.84. The highest BCUT2D eigenvalue weighted by atomic mass is 16.5. The molecular weight excluding hydrogens is 240 g/mol. The van der Waals surface area contributed by atoms with Gasteiger partial charge in [-0.15, -0.1) is 0 Å². The Balaban J connectivity index is 2.27. The number of rotatable bonds is 4. The van der Waals surface area contributed by atoms with Crippen LogP contribution < -0.4 is 0 Å². The van der Waals surface area contributed by atoms with Crippen LogP contribution in [0.4, 0.5) is 0 Å². The maximum atomic E-state index is 10.9. The van der Waals surface area contributed by atoms with E-state index in [0.29, 0.717) is 0 Å². The molecule has 19 heavy (non-hydrogen) atoms. The third-order valence-electron chi connectivity index (χ3n) is 4.41. The Morgan fingerprint density at radius 2 is 2.16 bits per heavy atom. The molecule has 0 radical (unpaired) electrons. The van der Waals surface area contributed by atoms with Gasteiger partial charge in [0.1, 0.15) is 0 Å². The summed E-state index contributed by atoms with van der Waals surface area (Å²) in [4.78, 5) is 6.50. The van der Waals surface area contributed by atoms with Crippen molar-refractivity contribution in [2.24, 2.45) is 0 Å². The number of hydrogen-bond acceptors (Lipinski definition) is 4. The third kappa shape index (κ3) is 2.81. The molecule has 0 amide bonds. The van der Waals surface area contributed by atoms with E-state index in [1.54, 1.807) is 12.4 Å². The number of aliphatic hydroxyl groups is 1. The molecule has 2 rings (SSSR count). The Labute approximate surface area is 115 Å². The van der Waals surface area contributed by atoms with Crippen LogP contribution in [0.5, 0.6) is 0 Å². The van der Waals surface area contributed by atoms with Crippen LogP contribution in [0.15, 0.2) is 18.5 Å². The molecule has 2 heterocycles. The van der Waals surface area contributed by atoms with Crippen molar-refractivity contribution in [1.29, 1.82) is 0 Å². The number of nitrogens with zero attached hydrogens (tertiary/aromatic N) is 2. The van der Waals surface area contributed by atoms with Crippen molar-refractivity contribution in [3.63, 3.8) is 0 Å². The van der Waals surface area contributed by atoms with Crippen molar-refractivity contribution in [2.45, 2.75) is 38.8 Å². The zero-order chi connectivity index (χ0) is 13.9. The van der Waals surface area contributed by atoms with Crippen molar-refractivity contribution in [3.05, 3.63) is 29.6 Å². The van der Waals surface area contributed by atoms with E-state index in [9.17, 15) is 5.11 Å². The number of aromatic nitrogens is 1. The van der Waals surface area contributed by atoms with Crippen molar-refractivity contribution in [1.82, 2.24) is 9.88 Å². The number of hydrogen-bond donors (Lipinski definition) is 1.